The van der Waals surface area contributed by atoms with Gasteiger partial charge in [0.1, 0.15) is 0 Å². The van der Waals surface area contributed by atoms with Gasteiger partial charge in [0.2, 0.25) is 0 Å². The molecule has 0 atom stereocenters. The van der Waals surface area contributed by atoms with Crippen LogP contribution in [0.15, 0.2) is 210 Å². The van der Waals surface area contributed by atoms with Crippen LogP contribution in [0, 0.1) is 0 Å². The molecular weight excluding hydrogens is 723 g/mol. The second-order valence-electron chi connectivity index (χ2n) is 15.3. The average Bonchev–Trinajstić information content (AvgIpc) is 3.93. The molecule has 3 nitrogen and oxygen atoms in total. The maximum Gasteiger partial charge on any atom is 0.0687 e. The molecule has 0 radical (unpaired) electrons. The largest absolute Gasteiger partial charge is 0.309 e. The predicted molar refractivity (Wildman–Crippen MR) is 244 cm³/mol. The van der Waals surface area contributed by atoms with Crippen molar-refractivity contribution in [2.45, 2.75) is 9.79 Å². The first-order chi connectivity index (χ1) is 28.8. The van der Waals surface area contributed by atoms with E-state index in [9.17, 15) is 0 Å². The van der Waals surface area contributed by atoms with Crippen LogP contribution < -0.4 is 0 Å². The lowest BCUT2D eigenvalue weighted by atomic mass is 9.99. The first-order valence-electron chi connectivity index (χ1n) is 19.8. The van der Waals surface area contributed by atoms with E-state index in [0.717, 1.165) is 5.69 Å². The van der Waals surface area contributed by atoms with Crippen molar-refractivity contribution >= 4 is 77.2 Å². The van der Waals surface area contributed by atoms with Gasteiger partial charge in [0.15, 0.2) is 0 Å². The molecule has 13 rings (SSSR count). The standard InChI is InChI=1S/C54H33N3S/c1-2-12-37(13-3-1)55-45-17-7-4-14-40(45)43-32-35(24-29-48(43)55)36-25-30-49-44(33-36)41-15-5-8-18-46(41)56(49)38-26-22-34(23-27-38)39-28-31-52-54-53(39)42-16-6-9-19-47(42)57(54)50-20-10-11-21-51(50)58-52/h1-33H. The third-order valence-electron chi connectivity index (χ3n) is 12.2. The first kappa shape index (κ1) is 31.9. The van der Waals surface area contributed by atoms with Gasteiger partial charge >= 0.3 is 0 Å². The van der Waals surface area contributed by atoms with Crippen LogP contribution in [0.4, 0.5) is 0 Å². The third kappa shape index (κ3) is 4.46. The smallest absolute Gasteiger partial charge is 0.0687 e. The van der Waals surface area contributed by atoms with Gasteiger partial charge in [-0.25, -0.2) is 0 Å². The van der Waals surface area contributed by atoms with Crippen molar-refractivity contribution in [3.05, 3.63) is 200 Å². The molecule has 0 amide bonds. The summed E-state index contributed by atoms with van der Waals surface area (Å²) in [5.41, 5.74) is 15.9. The number of nitrogens with zero attached hydrogens (tertiary/aromatic N) is 3. The van der Waals surface area contributed by atoms with Gasteiger partial charge in [-0.1, -0.05) is 127 Å². The van der Waals surface area contributed by atoms with E-state index in [1.165, 1.54) is 109 Å². The number of hydrogen-bond acceptors (Lipinski definition) is 1. The maximum atomic E-state index is 2.47. The topological polar surface area (TPSA) is 14.8 Å². The highest BCUT2D eigenvalue weighted by Crippen LogP contribution is 2.49. The van der Waals surface area contributed by atoms with Gasteiger partial charge in [0.25, 0.3) is 0 Å². The minimum absolute atomic E-state index is 1.15. The molecule has 1 aliphatic heterocycles. The van der Waals surface area contributed by atoms with Crippen LogP contribution in [0.3, 0.4) is 0 Å². The fraction of sp³-hybridized carbons (Fsp3) is 0. The highest BCUT2D eigenvalue weighted by molar-refractivity contribution is 7.99. The Morgan fingerprint density at radius 3 is 1.47 bits per heavy atom. The number of rotatable bonds is 4. The van der Waals surface area contributed by atoms with E-state index in [-0.39, 0.29) is 0 Å². The zero-order valence-corrected chi connectivity index (χ0v) is 32.1. The van der Waals surface area contributed by atoms with Crippen molar-refractivity contribution in [2.75, 3.05) is 0 Å². The monoisotopic (exact) mass is 755 g/mol. The van der Waals surface area contributed by atoms with Crippen LogP contribution in [0.5, 0.6) is 0 Å². The molecule has 3 aromatic heterocycles. The van der Waals surface area contributed by atoms with E-state index >= 15 is 0 Å². The second kappa shape index (κ2) is 12.1. The quantitative estimate of drug-likeness (QED) is 0.175. The molecule has 0 aliphatic carbocycles. The van der Waals surface area contributed by atoms with Crippen molar-refractivity contribution in [3.8, 4) is 39.3 Å². The second-order valence-corrected chi connectivity index (χ2v) is 16.4. The van der Waals surface area contributed by atoms with Gasteiger partial charge in [-0.2, -0.15) is 0 Å². The Hall–Kier alpha value is -7.27. The van der Waals surface area contributed by atoms with E-state index < -0.39 is 0 Å². The minimum Gasteiger partial charge on any atom is -0.309 e. The maximum absolute atomic E-state index is 2.47. The predicted octanol–water partition coefficient (Wildman–Crippen LogP) is 14.8. The summed E-state index contributed by atoms with van der Waals surface area (Å²) in [6.45, 7) is 0. The highest BCUT2D eigenvalue weighted by Gasteiger charge is 2.25. The summed E-state index contributed by atoms with van der Waals surface area (Å²) >= 11 is 1.87. The van der Waals surface area contributed by atoms with Crippen molar-refractivity contribution < 1.29 is 0 Å². The average molecular weight is 756 g/mol. The molecule has 0 bridgehead atoms. The normalized spacial score (nSPS) is 12.4. The molecule has 4 heterocycles. The van der Waals surface area contributed by atoms with E-state index in [1.54, 1.807) is 0 Å². The van der Waals surface area contributed by atoms with Gasteiger partial charge < -0.3 is 13.7 Å². The Morgan fingerprint density at radius 1 is 0.310 bits per heavy atom. The van der Waals surface area contributed by atoms with E-state index in [1.807, 2.05) is 11.8 Å². The van der Waals surface area contributed by atoms with Crippen molar-refractivity contribution in [1.82, 2.24) is 13.7 Å². The molecule has 9 aromatic carbocycles. The Balaban J connectivity index is 0.938. The summed E-state index contributed by atoms with van der Waals surface area (Å²) in [6.07, 6.45) is 0. The number of benzene rings is 9. The van der Waals surface area contributed by atoms with E-state index in [2.05, 4.69) is 214 Å². The zero-order valence-electron chi connectivity index (χ0n) is 31.3. The third-order valence-corrected chi connectivity index (χ3v) is 13.3. The molecule has 12 aromatic rings. The Morgan fingerprint density at radius 2 is 0.810 bits per heavy atom. The summed E-state index contributed by atoms with van der Waals surface area (Å²) in [5.74, 6) is 0. The minimum atomic E-state index is 1.15. The first-order valence-corrected chi connectivity index (χ1v) is 20.7. The van der Waals surface area contributed by atoms with Crippen LogP contribution in [0.25, 0.3) is 105 Å². The lowest BCUT2D eigenvalue weighted by molar-refractivity contribution is 1.09. The SMILES string of the molecule is c1ccc(-n2c3ccccc3c3cc(-c4ccc5c(c4)c4ccccc4n5-c4ccc(-c5ccc6c7c5c5ccccc5n7-c5ccccc5S6)cc4)ccc32)cc1. The molecule has 0 N–H and O–H groups in total. The Labute approximate surface area is 338 Å². The Bertz CT molecular complexity index is 3640. The summed E-state index contributed by atoms with van der Waals surface area (Å²) < 4.78 is 7.27. The molecule has 270 valence electrons. The Kier molecular flexibility index (Phi) is 6.66. The molecule has 4 heteroatoms. The molecule has 0 fully saturated rings. The van der Waals surface area contributed by atoms with Crippen LogP contribution in [0.1, 0.15) is 0 Å². The van der Waals surface area contributed by atoms with E-state index in [0.29, 0.717) is 0 Å². The summed E-state index contributed by atoms with van der Waals surface area (Å²) in [7, 11) is 0. The summed E-state index contributed by atoms with van der Waals surface area (Å²) in [4.78, 5) is 2.59. The molecule has 0 spiro atoms. The molecule has 58 heavy (non-hydrogen) atoms. The fourth-order valence-electron chi connectivity index (χ4n) is 9.72. The van der Waals surface area contributed by atoms with Gasteiger partial charge in [-0.3, -0.25) is 0 Å². The number of hydrogen-bond donors (Lipinski definition) is 0. The van der Waals surface area contributed by atoms with Crippen LogP contribution in [-0.4, -0.2) is 13.7 Å². The molecule has 1 aliphatic rings. The molecule has 0 saturated carbocycles. The van der Waals surface area contributed by atoms with Gasteiger partial charge in [-0.15, -0.1) is 0 Å². The fourth-order valence-corrected chi connectivity index (χ4v) is 10.8. The van der Waals surface area contributed by atoms with Gasteiger partial charge in [-0.05, 0) is 107 Å². The van der Waals surface area contributed by atoms with Crippen LogP contribution >= 0.6 is 11.8 Å². The number of aromatic nitrogens is 3. The van der Waals surface area contributed by atoms with Crippen molar-refractivity contribution in [3.63, 3.8) is 0 Å². The lowest BCUT2D eigenvalue weighted by Crippen LogP contribution is -2.01. The van der Waals surface area contributed by atoms with Crippen LogP contribution in [-0.2, 0) is 0 Å². The molecular formula is C54H33N3S. The van der Waals surface area contributed by atoms with E-state index in [4.69, 9.17) is 0 Å². The van der Waals surface area contributed by atoms with Crippen molar-refractivity contribution in [2.24, 2.45) is 0 Å². The van der Waals surface area contributed by atoms with Gasteiger partial charge in [0.05, 0.1) is 38.8 Å². The van der Waals surface area contributed by atoms with Crippen LogP contribution in [0.2, 0.25) is 0 Å². The zero-order chi connectivity index (χ0) is 37.9. The van der Waals surface area contributed by atoms with Gasteiger partial charge in [0, 0.05) is 53.5 Å². The number of para-hydroxylation sites is 5. The molecule has 0 unspecified atom stereocenters. The lowest BCUT2D eigenvalue weighted by Gasteiger charge is -2.20. The summed E-state index contributed by atoms with van der Waals surface area (Å²) in [6, 6.07) is 73.6. The summed E-state index contributed by atoms with van der Waals surface area (Å²) in [5, 5.41) is 7.63. The molecule has 0 saturated heterocycles. The highest BCUT2D eigenvalue weighted by atomic mass is 32.2. The van der Waals surface area contributed by atoms with Crippen molar-refractivity contribution in [1.29, 1.82) is 0 Å². The number of fused-ring (bicyclic) bond motifs is 11.